The third-order valence-electron chi connectivity index (χ3n) is 5.22. The van der Waals surface area contributed by atoms with Crippen LogP contribution >= 0.6 is 27.5 Å². The van der Waals surface area contributed by atoms with E-state index in [-0.39, 0.29) is 31.8 Å². The van der Waals surface area contributed by atoms with Gasteiger partial charge in [0.1, 0.15) is 5.75 Å². The second-order valence-corrected chi connectivity index (χ2v) is 10.3. The van der Waals surface area contributed by atoms with Crippen LogP contribution in [-0.4, -0.2) is 58.6 Å². The fraction of sp³-hybridized carbons (Fsp3) is 0.348. The van der Waals surface area contributed by atoms with Gasteiger partial charge in [-0.05, 0) is 34.1 Å². The monoisotopic (exact) mass is 580 g/mol. The molecule has 1 unspecified atom stereocenters. The molecule has 1 aliphatic heterocycles. The maximum absolute atomic E-state index is 12.6. The molecule has 0 saturated carbocycles. The maximum atomic E-state index is 12.6. The molecule has 3 rings (SSSR count). The van der Waals surface area contributed by atoms with Crippen molar-refractivity contribution in [3.8, 4) is 5.75 Å². The molecule has 11 nitrogen and oxygen atoms in total. The van der Waals surface area contributed by atoms with Gasteiger partial charge in [0, 0.05) is 35.3 Å². The number of hydrogen-bond acceptors (Lipinski definition) is 8. The minimum atomic E-state index is -1.20. The van der Waals surface area contributed by atoms with E-state index >= 15 is 0 Å². The molecule has 6 N–H and O–H groups in total. The normalized spacial score (nSPS) is 15.2. The molecule has 2 heterocycles. The van der Waals surface area contributed by atoms with Crippen LogP contribution in [0.3, 0.4) is 0 Å². The topological polar surface area (TPSA) is 165 Å². The third kappa shape index (κ3) is 7.56. The van der Waals surface area contributed by atoms with Crippen LogP contribution in [0.15, 0.2) is 40.1 Å². The van der Waals surface area contributed by atoms with Crippen LogP contribution in [0, 0.1) is 5.41 Å². The van der Waals surface area contributed by atoms with Gasteiger partial charge in [0.2, 0.25) is 5.91 Å². The van der Waals surface area contributed by atoms with Gasteiger partial charge in [-0.2, -0.15) is 0 Å². The first-order valence-corrected chi connectivity index (χ1v) is 12.1. The highest BCUT2D eigenvalue weighted by molar-refractivity contribution is 9.10. The van der Waals surface area contributed by atoms with Crippen LogP contribution in [0.1, 0.15) is 42.2 Å². The summed E-state index contributed by atoms with van der Waals surface area (Å²) in [4.78, 5) is 44.9. The van der Waals surface area contributed by atoms with Crippen LogP contribution in [0.5, 0.6) is 5.75 Å². The van der Waals surface area contributed by atoms with E-state index in [1.807, 2.05) is 0 Å². The molecule has 1 aliphatic rings. The molecule has 0 fully saturated rings. The number of aliphatic imine (C=N–C) groups is 1. The lowest BCUT2D eigenvalue weighted by atomic mass is 9.93. The zero-order valence-corrected chi connectivity index (χ0v) is 21.9. The van der Waals surface area contributed by atoms with Crippen molar-refractivity contribution in [2.45, 2.75) is 26.3 Å². The van der Waals surface area contributed by atoms with Gasteiger partial charge >= 0.3 is 5.97 Å². The summed E-state index contributed by atoms with van der Waals surface area (Å²) >= 11 is 9.16. The van der Waals surface area contributed by atoms with Crippen molar-refractivity contribution in [2.75, 3.05) is 25.0 Å². The number of phenols is 1. The minimum absolute atomic E-state index is 0.0528. The van der Waals surface area contributed by atoms with Crippen LogP contribution < -0.4 is 21.3 Å². The third-order valence-corrected chi connectivity index (χ3v) is 6.04. The number of carboxylic acids is 1. The highest BCUT2D eigenvalue weighted by Gasteiger charge is 2.24. The van der Waals surface area contributed by atoms with Crippen molar-refractivity contribution in [2.24, 2.45) is 10.4 Å². The summed E-state index contributed by atoms with van der Waals surface area (Å²) in [5.41, 5.74) is 0.934. The van der Waals surface area contributed by atoms with Gasteiger partial charge in [-0.3, -0.25) is 24.4 Å². The van der Waals surface area contributed by atoms with Gasteiger partial charge in [0.15, 0.2) is 5.96 Å². The predicted octanol–water partition coefficient (Wildman–Crippen LogP) is 2.66. The average Bonchev–Trinajstić information content (AvgIpc) is 2.80. The number of nitrogens with one attached hydrogen (secondary N) is 4. The van der Waals surface area contributed by atoms with E-state index in [1.165, 1.54) is 18.3 Å². The first-order valence-electron chi connectivity index (χ1n) is 10.9. The lowest BCUT2D eigenvalue weighted by molar-refractivity contribution is -0.137. The highest BCUT2D eigenvalue weighted by atomic mass is 79.9. The van der Waals surface area contributed by atoms with Gasteiger partial charge < -0.3 is 31.5 Å². The zero-order valence-electron chi connectivity index (χ0n) is 19.6. The van der Waals surface area contributed by atoms with Crippen LogP contribution in [0.25, 0.3) is 0 Å². The van der Waals surface area contributed by atoms with Crippen LogP contribution in [0.2, 0.25) is 5.02 Å². The number of anilines is 1. The molecule has 2 aromatic rings. The molecule has 192 valence electrons. The van der Waals surface area contributed by atoms with Crippen molar-refractivity contribution in [1.29, 1.82) is 0 Å². The summed E-state index contributed by atoms with van der Waals surface area (Å²) in [6, 6.07) is 3.29. The molecular formula is C23H26BrClN6O5. The Balaban J connectivity index is 1.62. The fourth-order valence-electron chi connectivity index (χ4n) is 3.35. The van der Waals surface area contributed by atoms with Gasteiger partial charge in [-0.1, -0.05) is 25.4 Å². The largest absolute Gasteiger partial charge is 0.506 e. The van der Waals surface area contributed by atoms with E-state index < -0.39 is 36.8 Å². The summed E-state index contributed by atoms with van der Waals surface area (Å²) < 4.78 is 0.252. The lowest BCUT2D eigenvalue weighted by Crippen LogP contribution is -2.44. The zero-order chi connectivity index (χ0) is 26.5. The van der Waals surface area contributed by atoms with Gasteiger partial charge in [0.05, 0.1) is 40.9 Å². The Morgan fingerprint density at radius 3 is 2.67 bits per heavy atom. The summed E-state index contributed by atoms with van der Waals surface area (Å²) in [5.74, 6) is -2.07. The van der Waals surface area contributed by atoms with Crippen molar-refractivity contribution in [3.05, 3.63) is 51.2 Å². The average molecular weight is 582 g/mol. The number of aromatic hydroxyl groups is 1. The number of benzene rings is 1. The quantitative estimate of drug-likeness (QED) is 0.277. The van der Waals surface area contributed by atoms with Crippen molar-refractivity contribution < 1.29 is 24.6 Å². The Morgan fingerprint density at radius 2 is 2.00 bits per heavy atom. The molecule has 0 spiro atoms. The van der Waals surface area contributed by atoms with E-state index in [2.05, 4.69) is 61.0 Å². The first kappa shape index (κ1) is 27.2. The predicted molar refractivity (Wildman–Crippen MR) is 138 cm³/mol. The first-order chi connectivity index (χ1) is 16.9. The summed E-state index contributed by atoms with van der Waals surface area (Å²) in [6.45, 7) is 5.16. The molecular weight excluding hydrogens is 556 g/mol. The molecule has 13 heteroatoms. The molecule has 1 atom stereocenters. The number of rotatable bonds is 8. The van der Waals surface area contributed by atoms with Crippen LogP contribution in [0.4, 0.5) is 5.69 Å². The summed E-state index contributed by atoms with van der Waals surface area (Å²) in [6.07, 6.45) is 2.39. The lowest BCUT2D eigenvalue weighted by Gasteiger charge is -2.29. The number of aliphatic carboxylic acids is 1. The smallest absolute Gasteiger partial charge is 0.305 e. The number of guanidine groups is 1. The minimum Gasteiger partial charge on any atom is -0.506 e. The van der Waals surface area contributed by atoms with Crippen molar-refractivity contribution in [1.82, 2.24) is 20.9 Å². The van der Waals surface area contributed by atoms with Gasteiger partial charge in [-0.25, -0.2) is 0 Å². The van der Waals surface area contributed by atoms with E-state index in [9.17, 15) is 24.6 Å². The second-order valence-electron chi connectivity index (χ2n) is 9.00. The summed E-state index contributed by atoms with van der Waals surface area (Å²) in [5, 5.41) is 31.1. The maximum Gasteiger partial charge on any atom is 0.305 e. The molecule has 1 aromatic heterocycles. The molecule has 0 aliphatic carbocycles. The van der Waals surface area contributed by atoms with Gasteiger partial charge in [0.25, 0.3) is 5.91 Å². The number of carboxylic acid groups (broad SMARTS) is 1. The van der Waals surface area contributed by atoms with Crippen molar-refractivity contribution in [3.63, 3.8) is 0 Å². The number of pyridine rings is 1. The molecule has 36 heavy (non-hydrogen) atoms. The molecule has 1 aromatic carbocycles. The Bertz CT molecular complexity index is 1210. The van der Waals surface area contributed by atoms with Crippen molar-refractivity contribution >= 4 is 57.0 Å². The Morgan fingerprint density at radius 1 is 1.25 bits per heavy atom. The van der Waals surface area contributed by atoms with Gasteiger partial charge in [-0.15, -0.1) is 0 Å². The highest BCUT2D eigenvalue weighted by Crippen LogP contribution is 2.36. The summed E-state index contributed by atoms with van der Waals surface area (Å²) in [7, 11) is 0. The SMILES string of the molecule is CC1(C)CN=C(Nc2cncc(C(=O)NCC(=O)NC(CC(=O)O)c3cc(Cl)cc(Br)c3O)c2)NC1. The molecule has 0 bridgehead atoms. The standard InChI is InChI=1S/C23H26BrClN6O5/c1-23(2)10-28-22(29-11-23)30-14-3-12(7-26-8-14)21(36)27-9-18(32)31-17(6-19(33)34)15-4-13(25)5-16(24)20(15)35/h3-5,7-8,17,35H,6,9-11H2,1-2H3,(H,27,36)(H,31,32)(H,33,34)(H2,28,29,30). The number of amides is 2. The van der Waals surface area contributed by atoms with E-state index in [4.69, 9.17) is 11.6 Å². The number of carbonyl (C=O) groups excluding carboxylic acids is 2. The Kier molecular flexibility index (Phi) is 8.75. The number of phenolic OH excluding ortho intramolecular Hbond substituents is 1. The number of nitrogens with zero attached hydrogens (tertiary/aromatic N) is 2. The molecule has 0 radical (unpaired) electrons. The van der Waals surface area contributed by atoms with E-state index in [0.29, 0.717) is 18.2 Å². The van der Waals surface area contributed by atoms with Crippen LogP contribution in [-0.2, 0) is 9.59 Å². The number of carbonyl (C=O) groups is 3. The fourth-order valence-corrected chi connectivity index (χ4v) is 4.19. The second kappa shape index (κ2) is 11.6. The number of hydrogen-bond donors (Lipinski definition) is 6. The van der Waals surface area contributed by atoms with E-state index in [1.54, 1.807) is 12.3 Å². The Labute approximate surface area is 220 Å². The Hall–Kier alpha value is -3.38. The van der Waals surface area contributed by atoms with E-state index in [0.717, 1.165) is 6.54 Å². The molecule has 2 amide bonds. The molecule has 0 saturated heterocycles. The number of halogens is 2. The number of aromatic nitrogens is 1.